The van der Waals surface area contributed by atoms with E-state index in [0.29, 0.717) is 11.1 Å². The molecule has 4 aliphatic rings. The van der Waals surface area contributed by atoms with E-state index in [-0.39, 0.29) is 100 Å². The first-order valence-electron chi connectivity index (χ1n) is 35.8. The Kier molecular flexibility index (Phi) is 31.1. The predicted octanol–water partition coefficient (Wildman–Crippen LogP) is -1.04. The van der Waals surface area contributed by atoms with E-state index in [1.165, 1.54) is 39.3 Å². The average molecular weight is 1570 g/mol. The summed E-state index contributed by atoms with van der Waals surface area (Å²) in [5.74, 6) is -11.0. The molecule has 13 amide bonds. The number of carbonyl (C=O) groups is 15. The number of nitrogens with one attached hydrogen (secondary N) is 9. The summed E-state index contributed by atoms with van der Waals surface area (Å²) in [5.41, 5.74) is 26.9. The number of aryl methyl sites for hydroxylation is 2. The first kappa shape index (κ1) is 86.6. The average Bonchev–Trinajstić information content (AvgIpc) is 1.70. The topological polar surface area (TPSA) is 528 Å². The third-order valence-corrected chi connectivity index (χ3v) is 21.9. The zero-order chi connectivity index (χ0) is 80.4. The number of hydrogen-bond donors (Lipinski definition) is 15. The Morgan fingerprint density at radius 3 is 1.61 bits per heavy atom. The van der Waals surface area contributed by atoms with E-state index in [2.05, 4.69) is 52.8 Å². The molecule has 4 aromatic rings. The number of aliphatic hydroxyl groups is 2. The summed E-state index contributed by atoms with van der Waals surface area (Å²) in [6.07, 6.45) is -3.05. The lowest BCUT2D eigenvalue weighted by Gasteiger charge is -2.35. The molecule has 36 heteroatoms. The molecule has 2 aromatic heterocycles. The summed E-state index contributed by atoms with van der Waals surface area (Å²) in [6.45, 7) is 11.9. The standard InChI is InChI=1S/C37H51N7O8S2.C36H49N9O9S/c1-20-31(54-19-40-20)22-10-8-21(9-11-22)30-28(47)7-5-6-24(45)14-23(16-38)34(50)41-26(33(39)49)12-13-53-18-29(48)42-32(37(2,3)4)36(52)44-17-25(46)15-27(44)35(51)43-30;1-18-11-12-55-29(18)20-7-5-19(6-8-20)28-34(53)40-15-26(48)41-23(14-37)32(51)42-22(9-10-25(38)47)31(50)39-16-27(49)43-30(36(2,3)4)35(54)45-17-21(46)13-24(45)33(52)44-28/h8-11,19,23,25-27,30,32,46H,5-7,12-18,38H2,1-4H3,(H2,39,49)(H,41,50)(H,42,48)(H,43,51);5-8,11-12,21-24,28,30,46H,9-10,13-17,37H2,1-4H3,(H2,38,47)(H,39,50)(H,40,53)(H,41,48)(H,42,51)(H,43,49)(H,44,52)/t23-,25-,26-,27+,30-,32-;21-,22+,23-,24+,28-,30-/m11/s1. The number of ketones is 2. The highest BCUT2D eigenvalue weighted by Gasteiger charge is 2.48. The maximum absolute atomic E-state index is 14.1. The molecule has 19 N–H and O–H groups in total. The molecule has 0 aliphatic carbocycles. The number of carbonyl (C=O) groups excluding carboxylic acids is 15. The molecule has 0 saturated carbocycles. The van der Waals surface area contributed by atoms with Crippen LogP contribution in [0.25, 0.3) is 20.9 Å². The van der Waals surface area contributed by atoms with Gasteiger partial charge in [0.2, 0.25) is 76.8 Å². The lowest BCUT2D eigenvalue weighted by molar-refractivity contribution is -0.144. The summed E-state index contributed by atoms with van der Waals surface area (Å²) in [7, 11) is 0. The van der Waals surface area contributed by atoms with E-state index in [9.17, 15) is 82.1 Å². The lowest BCUT2D eigenvalue weighted by atomic mass is 9.85. The number of benzene rings is 2. The Labute approximate surface area is 643 Å². The van der Waals surface area contributed by atoms with Crippen molar-refractivity contribution < 1.29 is 82.1 Å². The van der Waals surface area contributed by atoms with Crippen molar-refractivity contribution in [3.05, 3.63) is 87.9 Å². The Hall–Kier alpha value is -9.59. The fraction of sp³-hybridized carbons (Fsp3) is 0.534. The maximum Gasteiger partial charge on any atom is 0.247 e. The zero-order valence-corrected chi connectivity index (χ0v) is 64.6. The minimum Gasteiger partial charge on any atom is -0.391 e. The van der Waals surface area contributed by atoms with Gasteiger partial charge in [-0.2, -0.15) is 11.8 Å². The minimum atomic E-state index is -1.38. The van der Waals surface area contributed by atoms with Gasteiger partial charge >= 0.3 is 0 Å². The van der Waals surface area contributed by atoms with Gasteiger partial charge in [-0.25, -0.2) is 4.98 Å². The summed E-state index contributed by atoms with van der Waals surface area (Å²) in [6, 6.07) is 4.89. The highest BCUT2D eigenvalue weighted by atomic mass is 32.2. The van der Waals surface area contributed by atoms with Gasteiger partial charge in [0.25, 0.3) is 0 Å². The van der Waals surface area contributed by atoms with Crippen LogP contribution in [-0.4, -0.2) is 219 Å². The van der Waals surface area contributed by atoms with E-state index < -0.39 is 180 Å². The lowest BCUT2D eigenvalue weighted by Crippen LogP contribution is -2.59. The molecule has 0 bridgehead atoms. The number of hydrogen-bond acceptors (Lipinski definition) is 23. The van der Waals surface area contributed by atoms with Crippen molar-refractivity contribution in [1.29, 1.82) is 0 Å². The number of thiazole rings is 1. The predicted molar refractivity (Wildman–Crippen MR) is 405 cm³/mol. The maximum atomic E-state index is 14.1. The van der Waals surface area contributed by atoms with Crippen molar-refractivity contribution in [2.24, 2.45) is 39.7 Å². The van der Waals surface area contributed by atoms with Crippen LogP contribution < -0.4 is 70.8 Å². The molecule has 8 rings (SSSR count). The van der Waals surface area contributed by atoms with Gasteiger partial charge in [-0.1, -0.05) is 90.1 Å². The van der Waals surface area contributed by atoms with Crippen molar-refractivity contribution in [2.75, 3.05) is 50.8 Å². The fourth-order valence-corrected chi connectivity index (χ4v) is 15.3. The molecule has 0 spiro atoms. The number of Topliss-reactive ketones (excluding diaryl/α,β-unsaturated/α-hetero) is 2. The van der Waals surface area contributed by atoms with Crippen LogP contribution in [0.3, 0.4) is 0 Å². The molecule has 2 aromatic carbocycles. The molecule has 6 heterocycles. The first-order valence-corrected chi connectivity index (χ1v) is 38.7. The van der Waals surface area contributed by atoms with E-state index >= 15 is 0 Å². The van der Waals surface area contributed by atoms with Crippen molar-refractivity contribution >= 4 is 123 Å². The van der Waals surface area contributed by atoms with E-state index in [4.69, 9.17) is 22.9 Å². The number of thiophene rings is 1. The van der Waals surface area contributed by atoms with Crippen LogP contribution in [0.2, 0.25) is 0 Å². The number of aliphatic hydroxyl groups excluding tert-OH is 2. The molecule has 4 fully saturated rings. The van der Waals surface area contributed by atoms with Gasteiger partial charge in [0.05, 0.1) is 53.0 Å². The van der Waals surface area contributed by atoms with Crippen LogP contribution in [0, 0.1) is 30.6 Å². The SMILES string of the molecule is Cc1ccsc1-c1ccc([C@H]2NC(=O)[C@@H]3C[C@@H](O)CN3C(=O)[C@H](C(C)(C)C)NC(=O)CNC(=O)[C@H](CCC(N)=O)NC(=O)[C@@H](CN)NC(=O)CNC2=O)cc1.Cc1ncsc1-c1ccc([C@H]2NC(=O)[C@@H]3C[C@@H](O)CN3C(=O)[C@H](C(C)(C)C)NC(=O)CSCC[C@H](C(N)=O)NC(=O)[C@@H](CN)CC(=O)CCCC2=O)cc1. The van der Waals surface area contributed by atoms with Crippen LogP contribution >= 0.6 is 34.4 Å². The number of aromatic nitrogens is 1. The van der Waals surface area contributed by atoms with Gasteiger partial charge in [0.1, 0.15) is 60.2 Å². The Morgan fingerprint density at radius 1 is 0.578 bits per heavy atom. The van der Waals surface area contributed by atoms with Crippen molar-refractivity contribution in [3.63, 3.8) is 0 Å². The first-order chi connectivity index (χ1) is 51.4. The second-order valence-corrected chi connectivity index (χ2v) is 32.4. The normalized spacial score (nSPS) is 25.9. The monoisotopic (exact) mass is 1570 g/mol. The summed E-state index contributed by atoms with van der Waals surface area (Å²) >= 11 is 4.17. The molecule has 0 radical (unpaired) electrons. The number of primary amides is 2. The summed E-state index contributed by atoms with van der Waals surface area (Å²) < 4.78 is 0. The Bertz CT molecular complexity index is 4010. The van der Waals surface area contributed by atoms with Gasteiger partial charge in [0.15, 0.2) is 5.78 Å². The van der Waals surface area contributed by atoms with Gasteiger partial charge < -0.3 is 90.8 Å². The quantitative estimate of drug-likeness (QED) is 0.0902. The number of nitrogens with two attached hydrogens (primary N) is 4. The van der Waals surface area contributed by atoms with Crippen molar-refractivity contribution in [3.8, 4) is 20.9 Å². The summed E-state index contributed by atoms with van der Waals surface area (Å²) in [5, 5.41) is 46.5. The van der Waals surface area contributed by atoms with Crippen molar-refractivity contribution in [1.82, 2.24) is 62.6 Å². The zero-order valence-electron chi connectivity index (χ0n) is 62.2. The van der Waals surface area contributed by atoms with E-state index in [1.807, 2.05) is 37.4 Å². The minimum absolute atomic E-state index is 0.0397. The second-order valence-electron chi connectivity index (χ2n) is 29.5. The highest BCUT2D eigenvalue weighted by Crippen LogP contribution is 2.34. The number of thioether (sulfide) groups is 1. The number of amides is 13. The van der Waals surface area contributed by atoms with Crippen LogP contribution in [0.4, 0.5) is 0 Å². The fourth-order valence-electron chi connectivity index (χ4n) is 12.8. The number of fused-ring (bicyclic) bond motifs is 2. The second kappa shape index (κ2) is 39.2. The van der Waals surface area contributed by atoms with E-state index in [0.717, 1.165) is 37.0 Å². The summed E-state index contributed by atoms with van der Waals surface area (Å²) in [4.78, 5) is 208. The molecule has 33 nitrogen and oxygen atoms in total. The van der Waals surface area contributed by atoms with Gasteiger partial charge in [-0.15, -0.1) is 22.7 Å². The number of nitrogens with zero attached hydrogens (tertiary/aromatic N) is 3. The van der Waals surface area contributed by atoms with E-state index in [1.54, 1.807) is 83.5 Å². The largest absolute Gasteiger partial charge is 0.391 e. The Balaban J connectivity index is 0.000000303. The van der Waals surface area contributed by atoms with Crippen LogP contribution in [0.5, 0.6) is 0 Å². The molecule has 12 atom stereocenters. The van der Waals surface area contributed by atoms with Gasteiger partial charge in [0, 0.05) is 69.6 Å². The number of rotatable bonds is 10. The van der Waals surface area contributed by atoms with Crippen LogP contribution in [-0.2, 0) is 71.9 Å². The smallest absolute Gasteiger partial charge is 0.247 e. The third-order valence-electron chi connectivity index (χ3n) is 18.8. The molecule has 4 saturated heterocycles. The molecule has 109 heavy (non-hydrogen) atoms. The van der Waals surface area contributed by atoms with Gasteiger partial charge in [-0.05, 0) is 89.0 Å². The van der Waals surface area contributed by atoms with Crippen molar-refractivity contribution in [2.45, 2.75) is 180 Å². The third kappa shape index (κ3) is 24.2. The molecule has 0 unspecified atom stereocenters. The van der Waals surface area contributed by atoms with Crippen LogP contribution in [0.15, 0.2) is 65.5 Å². The molecule has 592 valence electrons. The highest BCUT2D eigenvalue weighted by molar-refractivity contribution is 7.99. The van der Waals surface area contributed by atoms with Gasteiger partial charge in [-0.3, -0.25) is 71.9 Å². The van der Waals surface area contributed by atoms with Crippen LogP contribution in [0.1, 0.15) is 134 Å². The molecular weight excluding hydrogens is 1470 g/mol. The molecule has 4 aliphatic heterocycles. The molecular formula is C73H100N16O17S3. The Morgan fingerprint density at radius 2 is 1.11 bits per heavy atom.